The Balaban J connectivity index is 1.87. The van der Waals surface area contributed by atoms with E-state index in [1.54, 1.807) is 18.2 Å². The summed E-state index contributed by atoms with van der Waals surface area (Å²) in [6, 6.07) is 7.18. The van der Waals surface area contributed by atoms with Gasteiger partial charge in [-0.1, -0.05) is 19.3 Å². The second-order valence-corrected chi connectivity index (χ2v) is 5.17. The fourth-order valence-corrected chi connectivity index (χ4v) is 2.52. The monoisotopic (exact) mass is 288 g/mol. The molecule has 1 N–H and O–H groups in total. The number of ether oxygens (including phenoxy) is 2. The third kappa shape index (κ3) is 4.38. The Labute approximate surface area is 124 Å². The second kappa shape index (κ2) is 7.53. The molecule has 0 aromatic heterocycles. The highest BCUT2D eigenvalue weighted by atomic mass is 16.5. The zero-order valence-corrected chi connectivity index (χ0v) is 12.2. The molecule has 0 spiro atoms. The van der Waals surface area contributed by atoms with Gasteiger partial charge < -0.3 is 14.8 Å². The van der Waals surface area contributed by atoms with Gasteiger partial charge in [0.15, 0.2) is 18.1 Å². The summed E-state index contributed by atoms with van der Waals surface area (Å²) in [4.78, 5) is 11.9. The number of methoxy groups -OCH3 is 1. The molecule has 1 aromatic rings. The van der Waals surface area contributed by atoms with E-state index >= 15 is 0 Å². The number of rotatable bonds is 5. The maximum Gasteiger partial charge on any atom is 0.258 e. The van der Waals surface area contributed by atoms with Crippen LogP contribution in [0.4, 0.5) is 0 Å². The molecule has 0 aliphatic heterocycles. The van der Waals surface area contributed by atoms with E-state index in [9.17, 15) is 4.79 Å². The van der Waals surface area contributed by atoms with Gasteiger partial charge in [-0.3, -0.25) is 4.79 Å². The van der Waals surface area contributed by atoms with Crippen LogP contribution in [0.3, 0.4) is 0 Å². The van der Waals surface area contributed by atoms with E-state index in [-0.39, 0.29) is 18.6 Å². The van der Waals surface area contributed by atoms with Crippen LogP contribution in [-0.4, -0.2) is 25.7 Å². The number of carbonyl (C=O) groups excluding carboxylic acids is 1. The molecule has 0 bridgehead atoms. The third-order valence-electron chi connectivity index (χ3n) is 3.62. The maximum absolute atomic E-state index is 11.9. The van der Waals surface area contributed by atoms with E-state index in [1.165, 1.54) is 26.4 Å². The Kier molecular flexibility index (Phi) is 5.44. The van der Waals surface area contributed by atoms with Crippen molar-refractivity contribution in [3.8, 4) is 17.6 Å². The zero-order valence-electron chi connectivity index (χ0n) is 12.2. The molecule has 0 heterocycles. The Hall–Kier alpha value is -2.22. The van der Waals surface area contributed by atoms with Crippen LogP contribution in [0.1, 0.15) is 37.7 Å². The van der Waals surface area contributed by atoms with Gasteiger partial charge in [-0.05, 0) is 25.0 Å². The SMILES string of the molecule is COc1cc(C#N)ccc1OCC(=O)NC1CCCCC1. The molecule has 1 fully saturated rings. The highest BCUT2D eigenvalue weighted by molar-refractivity contribution is 5.78. The highest BCUT2D eigenvalue weighted by Crippen LogP contribution is 2.27. The summed E-state index contributed by atoms with van der Waals surface area (Å²) in [5.74, 6) is 0.808. The molecule has 1 aliphatic rings. The summed E-state index contributed by atoms with van der Waals surface area (Å²) in [6.07, 6.45) is 5.70. The largest absolute Gasteiger partial charge is 0.493 e. The number of hydrogen-bond acceptors (Lipinski definition) is 4. The normalized spacial score (nSPS) is 15.0. The number of hydrogen-bond donors (Lipinski definition) is 1. The van der Waals surface area contributed by atoms with Crippen molar-refractivity contribution in [3.05, 3.63) is 23.8 Å². The van der Waals surface area contributed by atoms with Crippen LogP contribution < -0.4 is 14.8 Å². The van der Waals surface area contributed by atoms with E-state index in [0.29, 0.717) is 17.1 Å². The van der Waals surface area contributed by atoms with Gasteiger partial charge in [0.1, 0.15) is 0 Å². The minimum absolute atomic E-state index is 0.0429. The fraction of sp³-hybridized carbons (Fsp3) is 0.500. The topological polar surface area (TPSA) is 71.3 Å². The number of benzene rings is 1. The average molecular weight is 288 g/mol. The Morgan fingerprint density at radius 2 is 2.10 bits per heavy atom. The lowest BCUT2D eigenvalue weighted by Crippen LogP contribution is -2.39. The van der Waals surface area contributed by atoms with Crippen molar-refractivity contribution >= 4 is 5.91 Å². The summed E-state index contributed by atoms with van der Waals surface area (Å²) >= 11 is 0. The average Bonchev–Trinajstić information content (AvgIpc) is 2.53. The summed E-state index contributed by atoms with van der Waals surface area (Å²) in [7, 11) is 1.51. The first kappa shape index (κ1) is 15.2. The summed E-state index contributed by atoms with van der Waals surface area (Å²) in [5.41, 5.74) is 0.492. The molecule has 0 unspecified atom stereocenters. The molecule has 1 aliphatic carbocycles. The number of nitrogens with zero attached hydrogens (tertiary/aromatic N) is 1. The van der Waals surface area contributed by atoms with Crippen LogP contribution in [-0.2, 0) is 4.79 Å². The fourth-order valence-electron chi connectivity index (χ4n) is 2.52. The summed E-state index contributed by atoms with van der Waals surface area (Å²) in [5, 5.41) is 11.8. The van der Waals surface area contributed by atoms with Crippen molar-refractivity contribution in [1.82, 2.24) is 5.32 Å². The minimum atomic E-state index is -0.117. The molecule has 2 rings (SSSR count). The van der Waals surface area contributed by atoms with Gasteiger partial charge in [0, 0.05) is 12.1 Å². The van der Waals surface area contributed by atoms with Gasteiger partial charge in [0.05, 0.1) is 18.7 Å². The second-order valence-electron chi connectivity index (χ2n) is 5.17. The first-order valence-electron chi connectivity index (χ1n) is 7.23. The molecular weight excluding hydrogens is 268 g/mol. The van der Waals surface area contributed by atoms with Gasteiger partial charge in [-0.2, -0.15) is 5.26 Å². The molecule has 1 amide bonds. The van der Waals surface area contributed by atoms with E-state index in [2.05, 4.69) is 5.32 Å². The number of nitriles is 1. The van der Waals surface area contributed by atoms with Crippen molar-refractivity contribution < 1.29 is 14.3 Å². The van der Waals surface area contributed by atoms with Gasteiger partial charge >= 0.3 is 0 Å². The van der Waals surface area contributed by atoms with Crippen LogP contribution in [0, 0.1) is 11.3 Å². The summed E-state index contributed by atoms with van der Waals surface area (Å²) < 4.78 is 10.6. The lowest BCUT2D eigenvalue weighted by molar-refractivity contribution is -0.124. The Bertz CT molecular complexity index is 531. The number of nitrogens with one attached hydrogen (secondary N) is 1. The van der Waals surface area contributed by atoms with Crippen molar-refractivity contribution in [3.63, 3.8) is 0 Å². The van der Waals surface area contributed by atoms with Gasteiger partial charge in [0.25, 0.3) is 5.91 Å². The third-order valence-corrected chi connectivity index (χ3v) is 3.62. The van der Waals surface area contributed by atoms with Gasteiger partial charge in [0.2, 0.25) is 0 Å². The minimum Gasteiger partial charge on any atom is -0.493 e. The van der Waals surface area contributed by atoms with Crippen molar-refractivity contribution in [2.45, 2.75) is 38.1 Å². The molecule has 0 atom stereocenters. The first-order chi connectivity index (χ1) is 10.2. The van der Waals surface area contributed by atoms with Crippen LogP contribution in [0.25, 0.3) is 0 Å². The highest BCUT2D eigenvalue weighted by Gasteiger charge is 2.16. The van der Waals surface area contributed by atoms with E-state index in [4.69, 9.17) is 14.7 Å². The molecule has 0 radical (unpaired) electrons. The van der Waals surface area contributed by atoms with E-state index < -0.39 is 0 Å². The Morgan fingerprint density at radius 3 is 2.76 bits per heavy atom. The molecule has 1 saturated carbocycles. The van der Waals surface area contributed by atoms with Crippen molar-refractivity contribution in [1.29, 1.82) is 5.26 Å². The first-order valence-corrected chi connectivity index (χ1v) is 7.23. The molecule has 0 saturated heterocycles. The Morgan fingerprint density at radius 1 is 1.33 bits per heavy atom. The quantitative estimate of drug-likeness (QED) is 0.903. The lowest BCUT2D eigenvalue weighted by atomic mass is 9.95. The van der Waals surface area contributed by atoms with E-state index in [1.807, 2.05) is 6.07 Å². The van der Waals surface area contributed by atoms with Crippen LogP contribution >= 0.6 is 0 Å². The molecule has 21 heavy (non-hydrogen) atoms. The standard InChI is InChI=1S/C16H20N2O3/c1-20-15-9-12(10-17)7-8-14(15)21-11-16(19)18-13-5-3-2-4-6-13/h7-9,13H,2-6,11H2,1H3,(H,18,19). The molecule has 5 nitrogen and oxygen atoms in total. The van der Waals surface area contributed by atoms with Crippen molar-refractivity contribution in [2.75, 3.05) is 13.7 Å². The van der Waals surface area contributed by atoms with Crippen LogP contribution in [0.2, 0.25) is 0 Å². The van der Waals surface area contributed by atoms with Crippen LogP contribution in [0.15, 0.2) is 18.2 Å². The predicted octanol–water partition coefficient (Wildman–Crippen LogP) is 2.39. The molecule has 5 heteroatoms. The lowest BCUT2D eigenvalue weighted by Gasteiger charge is -2.22. The molecule has 1 aromatic carbocycles. The van der Waals surface area contributed by atoms with Gasteiger partial charge in [-0.25, -0.2) is 0 Å². The summed E-state index contributed by atoms with van der Waals surface area (Å²) in [6.45, 7) is -0.0429. The van der Waals surface area contributed by atoms with Gasteiger partial charge in [-0.15, -0.1) is 0 Å². The number of carbonyl (C=O) groups is 1. The number of amides is 1. The predicted molar refractivity (Wildman–Crippen MR) is 78.2 cm³/mol. The van der Waals surface area contributed by atoms with E-state index in [0.717, 1.165) is 12.8 Å². The molecular formula is C16H20N2O3. The molecule has 112 valence electrons. The van der Waals surface area contributed by atoms with Crippen molar-refractivity contribution in [2.24, 2.45) is 0 Å². The van der Waals surface area contributed by atoms with Crippen LogP contribution in [0.5, 0.6) is 11.5 Å². The smallest absolute Gasteiger partial charge is 0.258 e. The maximum atomic E-state index is 11.9. The zero-order chi connectivity index (χ0) is 15.1.